The van der Waals surface area contributed by atoms with E-state index in [2.05, 4.69) is 24.3 Å². The van der Waals surface area contributed by atoms with E-state index in [4.69, 9.17) is 4.74 Å². The molecular formula is C20H21NO2. The summed E-state index contributed by atoms with van der Waals surface area (Å²) in [6.07, 6.45) is 1.12. The Labute approximate surface area is 136 Å². The lowest BCUT2D eigenvalue weighted by atomic mass is 9.64. The van der Waals surface area contributed by atoms with Crippen LogP contribution >= 0.6 is 0 Å². The van der Waals surface area contributed by atoms with Gasteiger partial charge < -0.3 is 9.64 Å². The third-order valence-electron chi connectivity index (χ3n) is 5.31. The Kier molecular flexibility index (Phi) is 3.56. The maximum Gasteiger partial charge on any atom is 0.226 e. The summed E-state index contributed by atoms with van der Waals surface area (Å²) in [4.78, 5) is 14.8. The van der Waals surface area contributed by atoms with Gasteiger partial charge in [-0.25, -0.2) is 0 Å². The monoisotopic (exact) mass is 307 g/mol. The van der Waals surface area contributed by atoms with E-state index in [0.717, 1.165) is 25.3 Å². The predicted molar refractivity (Wildman–Crippen MR) is 89.2 cm³/mol. The highest BCUT2D eigenvalue weighted by Gasteiger charge is 2.53. The molecule has 0 spiro atoms. The zero-order valence-corrected chi connectivity index (χ0v) is 13.3. The summed E-state index contributed by atoms with van der Waals surface area (Å²) in [5.41, 5.74) is 2.48. The van der Waals surface area contributed by atoms with Crippen LogP contribution in [-0.2, 0) is 11.3 Å². The Balaban J connectivity index is 1.47. The van der Waals surface area contributed by atoms with E-state index in [-0.39, 0.29) is 5.92 Å². The molecule has 1 heterocycles. The molecule has 0 bridgehead atoms. The molecule has 3 heteroatoms. The Morgan fingerprint density at radius 3 is 2.52 bits per heavy atom. The van der Waals surface area contributed by atoms with Crippen LogP contribution in [0.25, 0.3) is 0 Å². The number of benzene rings is 2. The highest BCUT2D eigenvalue weighted by atomic mass is 16.5. The minimum atomic E-state index is 0.173. The molecule has 2 fully saturated rings. The summed E-state index contributed by atoms with van der Waals surface area (Å²) in [5.74, 6) is 2.27. The van der Waals surface area contributed by atoms with Crippen LogP contribution < -0.4 is 4.74 Å². The van der Waals surface area contributed by atoms with Gasteiger partial charge in [0.05, 0.1) is 7.11 Å². The van der Waals surface area contributed by atoms with Crippen LogP contribution in [0.3, 0.4) is 0 Å². The third kappa shape index (κ3) is 2.50. The Hall–Kier alpha value is -2.29. The molecule has 0 aromatic heterocycles. The predicted octanol–water partition coefficient (Wildman–Crippen LogP) is 3.46. The van der Waals surface area contributed by atoms with Crippen molar-refractivity contribution >= 4 is 5.91 Å². The lowest BCUT2D eigenvalue weighted by Crippen LogP contribution is -2.36. The summed E-state index contributed by atoms with van der Waals surface area (Å²) < 4.78 is 5.22. The molecule has 2 aromatic rings. The molecule has 3 atom stereocenters. The lowest BCUT2D eigenvalue weighted by Gasteiger charge is -2.38. The first-order chi connectivity index (χ1) is 11.3. The molecule has 2 aliphatic rings. The molecule has 1 aliphatic carbocycles. The molecule has 4 rings (SSSR count). The van der Waals surface area contributed by atoms with E-state index >= 15 is 0 Å². The first kappa shape index (κ1) is 14.3. The largest absolute Gasteiger partial charge is 0.497 e. The van der Waals surface area contributed by atoms with Gasteiger partial charge in [-0.1, -0.05) is 42.5 Å². The lowest BCUT2D eigenvalue weighted by molar-refractivity contribution is -0.133. The van der Waals surface area contributed by atoms with Crippen molar-refractivity contribution in [1.29, 1.82) is 0 Å². The highest BCUT2D eigenvalue weighted by molar-refractivity contribution is 5.84. The number of ether oxygens (including phenoxy) is 1. The first-order valence-electron chi connectivity index (χ1n) is 8.23. The standard InChI is InChI=1S/C20H21NO2/c1-23-17-9-7-15(8-10-17)18-11-16-13-21(20(22)19(16)18)12-14-5-3-2-4-6-14/h2-10,16,18-19H,11-13H2,1H3. The summed E-state index contributed by atoms with van der Waals surface area (Å²) >= 11 is 0. The molecule has 23 heavy (non-hydrogen) atoms. The molecule has 0 N–H and O–H groups in total. The van der Waals surface area contributed by atoms with Gasteiger partial charge in [-0.2, -0.15) is 0 Å². The van der Waals surface area contributed by atoms with Gasteiger partial charge in [0.25, 0.3) is 0 Å². The minimum absolute atomic E-state index is 0.173. The van der Waals surface area contributed by atoms with Crippen LogP contribution in [0, 0.1) is 11.8 Å². The Morgan fingerprint density at radius 1 is 1.09 bits per heavy atom. The number of carbonyl (C=O) groups excluding carboxylic acids is 1. The smallest absolute Gasteiger partial charge is 0.226 e. The Morgan fingerprint density at radius 2 is 1.83 bits per heavy atom. The summed E-state index contributed by atoms with van der Waals surface area (Å²) in [6, 6.07) is 18.4. The number of amides is 1. The number of nitrogens with zero attached hydrogens (tertiary/aromatic N) is 1. The molecule has 118 valence electrons. The summed E-state index contributed by atoms with van der Waals surface area (Å²) in [6.45, 7) is 1.65. The zero-order valence-electron chi connectivity index (χ0n) is 13.3. The van der Waals surface area contributed by atoms with Crippen molar-refractivity contribution in [2.45, 2.75) is 18.9 Å². The average molecular weight is 307 g/mol. The average Bonchev–Trinajstić information content (AvgIpc) is 2.80. The van der Waals surface area contributed by atoms with E-state index in [1.807, 2.05) is 35.2 Å². The van der Waals surface area contributed by atoms with Gasteiger partial charge in [0.2, 0.25) is 5.91 Å². The third-order valence-corrected chi connectivity index (χ3v) is 5.31. The molecule has 0 radical (unpaired) electrons. The SMILES string of the molecule is COc1ccc(C2CC3CN(Cc4ccccc4)C(=O)C32)cc1. The van der Waals surface area contributed by atoms with Gasteiger partial charge in [0, 0.05) is 19.0 Å². The van der Waals surface area contributed by atoms with E-state index in [0.29, 0.717) is 17.7 Å². The fraction of sp³-hybridized carbons (Fsp3) is 0.350. The maximum atomic E-state index is 12.8. The van der Waals surface area contributed by atoms with Crippen molar-refractivity contribution in [3.05, 3.63) is 65.7 Å². The van der Waals surface area contributed by atoms with Crippen molar-refractivity contribution in [3.8, 4) is 5.75 Å². The fourth-order valence-corrected chi connectivity index (χ4v) is 4.04. The second-order valence-electron chi connectivity index (χ2n) is 6.61. The molecule has 1 aliphatic heterocycles. The first-order valence-corrected chi connectivity index (χ1v) is 8.23. The van der Waals surface area contributed by atoms with Crippen LogP contribution in [0.15, 0.2) is 54.6 Å². The molecular weight excluding hydrogens is 286 g/mol. The van der Waals surface area contributed by atoms with E-state index < -0.39 is 0 Å². The van der Waals surface area contributed by atoms with Crippen molar-refractivity contribution in [3.63, 3.8) is 0 Å². The molecule has 1 saturated heterocycles. The van der Waals surface area contributed by atoms with Crippen molar-refractivity contribution in [2.24, 2.45) is 11.8 Å². The Bertz CT molecular complexity index is 695. The van der Waals surface area contributed by atoms with Crippen LogP contribution in [0.4, 0.5) is 0 Å². The van der Waals surface area contributed by atoms with Gasteiger partial charge in [-0.15, -0.1) is 0 Å². The highest BCUT2D eigenvalue weighted by Crippen LogP contribution is 2.52. The number of hydrogen-bond acceptors (Lipinski definition) is 2. The number of fused-ring (bicyclic) bond motifs is 1. The van der Waals surface area contributed by atoms with Gasteiger partial charge in [0.1, 0.15) is 5.75 Å². The molecule has 3 unspecified atom stereocenters. The van der Waals surface area contributed by atoms with E-state index in [1.54, 1.807) is 7.11 Å². The molecule has 1 saturated carbocycles. The topological polar surface area (TPSA) is 29.5 Å². The van der Waals surface area contributed by atoms with Crippen LogP contribution in [0.1, 0.15) is 23.5 Å². The zero-order chi connectivity index (χ0) is 15.8. The number of methoxy groups -OCH3 is 1. The molecule has 1 amide bonds. The van der Waals surface area contributed by atoms with Gasteiger partial charge in [-0.3, -0.25) is 4.79 Å². The quantitative estimate of drug-likeness (QED) is 0.866. The summed E-state index contributed by atoms with van der Waals surface area (Å²) in [5, 5.41) is 0. The van der Waals surface area contributed by atoms with Crippen molar-refractivity contribution in [2.75, 3.05) is 13.7 Å². The van der Waals surface area contributed by atoms with Crippen molar-refractivity contribution in [1.82, 2.24) is 4.90 Å². The number of likely N-dealkylation sites (tertiary alicyclic amines) is 1. The minimum Gasteiger partial charge on any atom is -0.497 e. The number of rotatable bonds is 4. The second-order valence-corrected chi connectivity index (χ2v) is 6.61. The van der Waals surface area contributed by atoms with Crippen LogP contribution in [0.5, 0.6) is 5.75 Å². The number of hydrogen-bond donors (Lipinski definition) is 0. The van der Waals surface area contributed by atoms with Crippen LogP contribution in [0.2, 0.25) is 0 Å². The molecule has 3 nitrogen and oxygen atoms in total. The van der Waals surface area contributed by atoms with Crippen LogP contribution in [-0.4, -0.2) is 24.5 Å². The normalized spacial score (nSPS) is 25.9. The number of carbonyl (C=O) groups is 1. The second kappa shape index (κ2) is 5.73. The fourth-order valence-electron chi connectivity index (χ4n) is 4.04. The molecule has 2 aromatic carbocycles. The van der Waals surface area contributed by atoms with E-state index in [1.165, 1.54) is 11.1 Å². The van der Waals surface area contributed by atoms with E-state index in [9.17, 15) is 4.79 Å². The van der Waals surface area contributed by atoms with Crippen molar-refractivity contribution < 1.29 is 9.53 Å². The van der Waals surface area contributed by atoms with Gasteiger partial charge >= 0.3 is 0 Å². The van der Waals surface area contributed by atoms with Gasteiger partial charge in [-0.05, 0) is 41.5 Å². The van der Waals surface area contributed by atoms with Gasteiger partial charge in [0.15, 0.2) is 0 Å². The summed E-state index contributed by atoms with van der Waals surface area (Å²) in [7, 11) is 1.68. The maximum absolute atomic E-state index is 12.8.